The van der Waals surface area contributed by atoms with E-state index in [0.717, 1.165) is 29.9 Å². The van der Waals surface area contributed by atoms with Crippen molar-refractivity contribution in [3.63, 3.8) is 0 Å². The van der Waals surface area contributed by atoms with Crippen LogP contribution in [0, 0.1) is 0 Å². The number of nitrogens with zero attached hydrogens (tertiary/aromatic N) is 5. The first-order valence-electron chi connectivity index (χ1n) is 10.1. The molecule has 8 heteroatoms. The van der Waals surface area contributed by atoms with E-state index in [1.165, 1.54) is 6.33 Å². The van der Waals surface area contributed by atoms with Gasteiger partial charge in [-0.25, -0.2) is 4.98 Å². The number of hydrogen-bond acceptors (Lipinski definition) is 6. The number of carbonyl (C=O) groups excluding carboxylic acids is 1. The molecule has 3 heterocycles. The first kappa shape index (κ1) is 19.3. The summed E-state index contributed by atoms with van der Waals surface area (Å²) in [5, 5.41) is 7.73. The lowest BCUT2D eigenvalue weighted by Gasteiger charge is -2.31. The summed E-state index contributed by atoms with van der Waals surface area (Å²) in [4.78, 5) is 24.0. The van der Waals surface area contributed by atoms with Crippen molar-refractivity contribution in [3.05, 3.63) is 54.0 Å². The van der Waals surface area contributed by atoms with E-state index in [9.17, 15) is 4.79 Å². The first-order valence-corrected chi connectivity index (χ1v) is 10.1. The van der Waals surface area contributed by atoms with Gasteiger partial charge in [-0.3, -0.25) is 4.79 Å². The largest absolute Gasteiger partial charge is 0.378 e. The number of rotatable bonds is 7. The highest BCUT2D eigenvalue weighted by Gasteiger charge is 2.27. The maximum atomic E-state index is 13.3. The van der Waals surface area contributed by atoms with E-state index in [-0.39, 0.29) is 5.91 Å². The van der Waals surface area contributed by atoms with E-state index in [1.54, 1.807) is 4.52 Å². The Morgan fingerprint density at radius 2 is 2.03 bits per heavy atom. The SMILES string of the molecule is CCCc1cc(N[C@H](Cc2ccccc2)C(=O)N2CCOCC2)n2ncnc2n1. The van der Waals surface area contributed by atoms with Gasteiger partial charge in [0.1, 0.15) is 18.2 Å². The molecule has 1 aliphatic heterocycles. The van der Waals surface area contributed by atoms with Crippen LogP contribution in [0.4, 0.5) is 5.82 Å². The molecule has 2 aromatic heterocycles. The minimum Gasteiger partial charge on any atom is -0.378 e. The smallest absolute Gasteiger partial charge is 0.254 e. The van der Waals surface area contributed by atoms with Crippen LogP contribution in [0.15, 0.2) is 42.7 Å². The highest BCUT2D eigenvalue weighted by molar-refractivity contribution is 5.85. The fraction of sp³-hybridized carbons (Fsp3) is 0.429. The van der Waals surface area contributed by atoms with Gasteiger partial charge in [-0.2, -0.15) is 14.6 Å². The summed E-state index contributed by atoms with van der Waals surface area (Å²) in [6.45, 7) is 4.49. The van der Waals surface area contributed by atoms with Gasteiger partial charge in [0, 0.05) is 31.3 Å². The van der Waals surface area contributed by atoms with Crippen molar-refractivity contribution in [2.75, 3.05) is 31.6 Å². The molecule has 1 aliphatic rings. The quantitative estimate of drug-likeness (QED) is 0.659. The molecule has 8 nitrogen and oxygen atoms in total. The first-order chi connectivity index (χ1) is 14.2. The Labute approximate surface area is 169 Å². The minimum absolute atomic E-state index is 0.0688. The Bertz CT molecular complexity index is 952. The minimum atomic E-state index is -0.417. The van der Waals surface area contributed by atoms with E-state index in [4.69, 9.17) is 4.74 Å². The summed E-state index contributed by atoms with van der Waals surface area (Å²) >= 11 is 0. The molecule has 0 aliphatic carbocycles. The number of amides is 1. The molecule has 1 fully saturated rings. The normalized spacial score (nSPS) is 15.4. The molecule has 4 rings (SSSR count). The Balaban J connectivity index is 1.64. The molecule has 1 atom stereocenters. The van der Waals surface area contributed by atoms with Crippen LogP contribution in [-0.2, 0) is 22.4 Å². The van der Waals surface area contributed by atoms with E-state index in [0.29, 0.717) is 38.5 Å². The molecule has 0 unspecified atom stereocenters. The molecule has 0 saturated carbocycles. The van der Waals surface area contributed by atoms with Crippen LogP contribution >= 0.6 is 0 Å². The van der Waals surface area contributed by atoms with Crippen LogP contribution < -0.4 is 5.32 Å². The second-order valence-corrected chi connectivity index (χ2v) is 7.18. The third-order valence-corrected chi connectivity index (χ3v) is 5.04. The Morgan fingerprint density at radius 1 is 1.24 bits per heavy atom. The zero-order valence-corrected chi connectivity index (χ0v) is 16.6. The van der Waals surface area contributed by atoms with Gasteiger partial charge in [-0.05, 0) is 12.0 Å². The number of carbonyl (C=O) groups is 1. The number of aryl methyl sites for hydroxylation is 1. The van der Waals surface area contributed by atoms with Crippen LogP contribution in [0.2, 0.25) is 0 Å². The zero-order valence-electron chi connectivity index (χ0n) is 16.6. The van der Waals surface area contributed by atoms with Gasteiger partial charge in [0.05, 0.1) is 13.2 Å². The van der Waals surface area contributed by atoms with Gasteiger partial charge >= 0.3 is 0 Å². The van der Waals surface area contributed by atoms with Crippen molar-refractivity contribution in [1.82, 2.24) is 24.5 Å². The number of hydrogen-bond donors (Lipinski definition) is 1. The van der Waals surface area contributed by atoms with Crippen molar-refractivity contribution < 1.29 is 9.53 Å². The fourth-order valence-corrected chi connectivity index (χ4v) is 3.58. The van der Waals surface area contributed by atoms with Gasteiger partial charge in [0.25, 0.3) is 5.78 Å². The van der Waals surface area contributed by atoms with Crippen LogP contribution in [-0.4, -0.2) is 62.7 Å². The van der Waals surface area contributed by atoms with Crippen molar-refractivity contribution >= 4 is 17.5 Å². The predicted octanol–water partition coefficient (Wildman–Crippen LogP) is 1.96. The molecule has 29 heavy (non-hydrogen) atoms. The van der Waals surface area contributed by atoms with Crippen molar-refractivity contribution in [1.29, 1.82) is 0 Å². The third-order valence-electron chi connectivity index (χ3n) is 5.04. The van der Waals surface area contributed by atoms with E-state index < -0.39 is 6.04 Å². The molecule has 1 N–H and O–H groups in total. The summed E-state index contributed by atoms with van der Waals surface area (Å²) in [5.74, 6) is 1.34. The molecule has 0 bridgehead atoms. The third kappa shape index (κ3) is 4.54. The Kier molecular flexibility index (Phi) is 6.00. The van der Waals surface area contributed by atoms with Crippen LogP contribution in [0.3, 0.4) is 0 Å². The maximum absolute atomic E-state index is 13.3. The van der Waals surface area contributed by atoms with E-state index in [2.05, 4.69) is 27.3 Å². The summed E-state index contributed by atoms with van der Waals surface area (Å²) in [6.07, 6.45) is 3.90. The number of fused-ring (bicyclic) bond motifs is 1. The number of morpholine rings is 1. The molecule has 0 spiro atoms. The fourth-order valence-electron chi connectivity index (χ4n) is 3.58. The van der Waals surface area contributed by atoms with Gasteiger partial charge in [-0.1, -0.05) is 43.7 Å². The zero-order chi connectivity index (χ0) is 20.1. The van der Waals surface area contributed by atoms with E-state index in [1.807, 2.05) is 41.3 Å². The molecular weight excluding hydrogens is 368 g/mol. The van der Waals surface area contributed by atoms with Crippen LogP contribution in [0.25, 0.3) is 5.78 Å². The summed E-state index contributed by atoms with van der Waals surface area (Å²) < 4.78 is 7.07. The molecule has 1 saturated heterocycles. The summed E-state index contributed by atoms with van der Waals surface area (Å²) in [7, 11) is 0. The highest BCUT2D eigenvalue weighted by Crippen LogP contribution is 2.17. The average molecular weight is 394 g/mol. The molecule has 1 amide bonds. The Morgan fingerprint density at radius 3 is 2.79 bits per heavy atom. The number of anilines is 1. The van der Waals surface area contributed by atoms with Gasteiger partial charge in [0.2, 0.25) is 5.91 Å². The molecule has 152 valence electrons. The highest BCUT2D eigenvalue weighted by atomic mass is 16.5. The standard InChI is InChI=1S/C21H26N6O2/c1-2-6-17-14-19(27-21(24-17)22-15-23-27)25-18(13-16-7-4-3-5-8-16)20(28)26-9-11-29-12-10-26/h3-5,7-8,14-15,18,25H,2,6,9-13H2,1H3/t18-/m1/s1. The summed E-state index contributed by atoms with van der Waals surface area (Å²) in [5.41, 5.74) is 2.04. The molecular formula is C21H26N6O2. The lowest BCUT2D eigenvalue weighted by molar-refractivity contribution is -0.136. The molecule has 1 aromatic carbocycles. The number of aromatic nitrogens is 4. The Hall–Kier alpha value is -3.00. The number of benzene rings is 1. The van der Waals surface area contributed by atoms with Crippen LogP contribution in [0.1, 0.15) is 24.6 Å². The van der Waals surface area contributed by atoms with Crippen molar-refractivity contribution in [3.8, 4) is 0 Å². The van der Waals surface area contributed by atoms with Crippen molar-refractivity contribution in [2.24, 2.45) is 0 Å². The number of nitrogens with one attached hydrogen (secondary N) is 1. The van der Waals surface area contributed by atoms with Gasteiger partial charge in [0.15, 0.2) is 0 Å². The lowest BCUT2D eigenvalue weighted by atomic mass is 10.0. The molecule has 0 radical (unpaired) electrons. The van der Waals surface area contributed by atoms with Crippen molar-refractivity contribution in [2.45, 2.75) is 32.2 Å². The average Bonchev–Trinajstić information content (AvgIpc) is 3.23. The molecule has 3 aromatic rings. The number of ether oxygens (including phenoxy) is 1. The topological polar surface area (TPSA) is 84.7 Å². The monoisotopic (exact) mass is 394 g/mol. The van der Waals surface area contributed by atoms with Gasteiger partial charge < -0.3 is 15.0 Å². The second kappa shape index (κ2) is 9.00. The maximum Gasteiger partial charge on any atom is 0.254 e. The predicted molar refractivity (Wildman–Crippen MR) is 110 cm³/mol. The van der Waals surface area contributed by atoms with Gasteiger partial charge in [-0.15, -0.1) is 0 Å². The lowest BCUT2D eigenvalue weighted by Crippen LogP contribution is -2.49. The van der Waals surface area contributed by atoms with E-state index >= 15 is 0 Å². The summed E-state index contributed by atoms with van der Waals surface area (Å²) in [6, 6.07) is 11.6. The van der Waals surface area contributed by atoms with Crippen LogP contribution in [0.5, 0.6) is 0 Å². The second-order valence-electron chi connectivity index (χ2n) is 7.18.